The van der Waals surface area contributed by atoms with Crippen molar-refractivity contribution in [2.45, 2.75) is 29.1 Å². The van der Waals surface area contributed by atoms with Crippen LogP contribution in [0.5, 0.6) is 0 Å². The van der Waals surface area contributed by atoms with Crippen LogP contribution in [-0.2, 0) is 11.8 Å². The number of hydrogen-bond acceptors (Lipinski definition) is 2. The van der Waals surface area contributed by atoms with Crippen molar-refractivity contribution in [3.05, 3.63) is 23.3 Å². The van der Waals surface area contributed by atoms with Gasteiger partial charge in [0.2, 0.25) is 0 Å². The third-order valence-corrected chi connectivity index (χ3v) is 3.20. The molecule has 0 aliphatic rings. The third kappa shape index (κ3) is 3.31. The summed E-state index contributed by atoms with van der Waals surface area (Å²) in [5.41, 5.74) is -11.0. The molecule has 1 aromatic carbocycles. The quantitative estimate of drug-likeness (QED) is 0.526. The predicted octanol–water partition coefficient (Wildman–Crippen LogP) is 5.33. The van der Waals surface area contributed by atoms with Gasteiger partial charge in [-0.1, -0.05) is 0 Å². The fourth-order valence-electron chi connectivity index (χ4n) is 1.80. The first-order valence-electron chi connectivity index (χ1n) is 5.52. The lowest BCUT2D eigenvalue weighted by Gasteiger charge is -2.31. The summed E-state index contributed by atoms with van der Waals surface area (Å²) in [5, 5.41) is 1.95. The molecule has 0 bridgehead atoms. The van der Waals surface area contributed by atoms with E-state index in [-0.39, 0.29) is 6.07 Å². The van der Waals surface area contributed by atoms with E-state index < -0.39 is 52.0 Å². The molecule has 0 saturated heterocycles. The molecule has 0 aromatic heterocycles. The smallest absolute Gasteiger partial charge is 0.387 e. The van der Waals surface area contributed by atoms with E-state index in [1.807, 2.05) is 5.32 Å². The highest BCUT2D eigenvalue weighted by Crippen LogP contribution is 2.54. The summed E-state index contributed by atoms with van der Waals surface area (Å²) in [6.45, 7) is 0. The predicted molar refractivity (Wildman–Crippen MR) is 63.1 cm³/mol. The Balaban J connectivity index is 3.82. The van der Waals surface area contributed by atoms with Crippen LogP contribution in [-0.4, -0.2) is 19.4 Å². The van der Waals surface area contributed by atoms with E-state index in [4.69, 9.17) is 0 Å². The molecule has 1 rings (SSSR count). The van der Waals surface area contributed by atoms with Crippen molar-refractivity contribution >= 4 is 18.3 Å². The standard InChI is InChI=1S/C11H7F10NS/c1-22-7-5(9(13,14)15)2-4(3-6(7)23)8(12,10(16,17)18)11(19,20)21/h2-3,22-23H,1H3. The Morgan fingerprint density at radius 2 is 1.26 bits per heavy atom. The van der Waals surface area contributed by atoms with Gasteiger partial charge in [-0.15, -0.1) is 12.6 Å². The summed E-state index contributed by atoms with van der Waals surface area (Å²) in [5.74, 6) is 0. The fraction of sp³-hybridized carbons (Fsp3) is 0.455. The van der Waals surface area contributed by atoms with Gasteiger partial charge in [-0.2, -0.15) is 39.5 Å². The third-order valence-electron chi connectivity index (χ3n) is 2.85. The van der Waals surface area contributed by atoms with Crippen molar-refractivity contribution in [1.82, 2.24) is 0 Å². The van der Waals surface area contributed by atoms with Crippen LogP contribution >= 0.6 is 12.6 Å². The summed E-state index contributed by atoms with van der Waals surface area (Å²) >= 11 is 3.41. The molecule has 1 aromatic rings. The Hall–Kier alpha value is -1.33. The molecule has 0 heterocycles. The monoisotopic (exact) mass is 375 g/mol. The highest BCUT2D eigenvalue weighted by Gasteiger charge is 2.73. The number of alkyl halides is 10. The summed E-state index contributed by atoms with van der Waals surface area (Å²) in [7, 11) is 0.945. The van der Waals surface area contributed by atoms with Gasteiger partial charge in [0.15, 0.2) is 0 Å². The Labute approximate surface area is 128 Å². The molecule has 0 fully saturated rings. The number of hydrogen-bond donors (Lipinski definition) is 2. The number of anilines is 1. The van der Waals surface area contributed by atoms with Crippen molar-refractivity contribution in [3.8, 4) is 0 Å². The maximum Gasteiger partial charge on any atom is 0.435 e. The van der Waals surface area contributed by atoms with Crippen LogP contribution in [0.4, 0.5) is 49.6 Å². The van der Waals surface area contributed by atoms with Crippen LogP contribution in [0.3, 0.4) is 0 Å². The van der Waals surface area contributed by atoms with Crippen LogP contribution in [0, 0.1) is 0 Å². The van der Waals surface area contributed by atoms with Crippen LogP contribution in [0.25, 0.3) is 0 Å². The van der Waals surface area contributed by atoms with Gasteiger partial charge in [-0.05, 0) is 12.1 Å². The van der Waals surface area contributed by atoms with Crippen LogP contribution < -0.4 is 5.32 Å². The second-order valence-corrected chi connectivity index (χ2v) is 4.80. The number of halogens is 10. The molecule has 0 unspecified atom stereocenters. The topological polar surface area (TPSA) is 12.0 Å². The van der Waals surface area contributed by atoms with Gasteiger partial charge >= 0.3 is 24.2 Å². The maximum absolute atomic E-state index is 13.9. The first kappa shape index (κ1) is 19.7. The van der Waals surface area contributed by atoms with E-state index in [1.54, 1.807) is 0 Å². The molecule has 0 atom stereocenters. The normalized spacial score (nSPS) is 14.1. The molecule has 12 heteroatoms. The lowest BCUT2D eigenvalue weighted by atomic mass is 9.92. The molecule has 0 aliphatic heterocycles. The molecule has 0 spiro atoms. The SMILES string of the molecule is CNc1c(S)cc(C(F)(C(F)(F)F)C(F)(F)F)cc1C(F)(F)F. The summed E-state index contributed by atoms with van der Waals surface area (Å²) in [4.78, 5) is -0.923. The first-order valence-corrected chi connectivity index (χ1v) is 5.97. The summed E-state index contributed by atoms with van der Waals surface area (Å²) < 4.78 is 128. The number of rotatable bonds is 2. The van der Waals surface area contributed by atoms with Crippen molar-refractivity contribution in [3.63, 3.8) is 0 Å². The Bertz CT molecular complexity index is 572. The molecular weight excluding hydrogens is 368 g/mol. The Morgan fingerprint density at radius 3 is 1.57 bits per heavy atom. The van der Waals surface area contributed by atoms with Gasteiger partial charge in [-0.25, -0.2) is 4.39 Å². The van der Waals surface area contributed by atoms with E-state index in [9.17, 15) is 43.9 Å². The first-order chi connectivity index (χ1) is 10.1. The van der Waals surface area contributed by atoms with Crippen LogP contribution in [0.2, 0.25) is 0 Å². The Kier molecular flexibility index (Phi) is 4.83. The molecule has 0 saturated carbocycles. The minimum absolute atomic E-state index is 0.0504. The van der Waals surface area contributed by atoms with E-state index in [0.29, 0.717) is 0 Å². The number of nitrogens with one attached hydrogen (secondary N) is 1. The molecule has 0 amide bonds. The lowest BCUT2D eigenvalue weighted by Crippen LogP contribution is -2.50. The van der Waals surface area contributed by atoms with Gasteiger partial charge in [0, 0.05) is 17.5 Å². The fourth-order valence-corrected chi connectivity index (χ4v) is 2.17. The second kappa shape index (κ2) is 5.64. The molecule has 1 N–H and O–H groups in total. The van der Waals surface area contributed by atoms with Crippen molar-refractivity contribution < 1.29 is 43.9 Å². The van der Waals surface area contributed by atoms with E-state index >= 15 is 0 Å². The minimum atomic E-state index is -6.52. The van der Waals surface area contributed by atoms with Crippen molar-refractivity contribution in [1.29, 1.82) is 0 Å². The molecule has 132 valence electrons. The second-order valence-electron chi connectivity index (χ2n) is 4.32. The van der Waals surface area contributed by atoms with E-state index in [1.165, 1.54) is 0 Å². The molecule has 1 nitrogen and oxygen atoms in total. The summed E-state index contributed by atoms with van der Waals surface area (Å²) in [6.07, 6.45) is -18.4. The molecular formula is C11H7F10NS. The molecule has 23 heavy (non-hydrogen) atoms. The van der Waals surface area contributed by atoms with E-state index in [2.05, 4.69) is 12.6 Å². The lowest BCUT2D eigenvalue weighted by molar-refractivity contribution is -0.348. The zero-order valence-corrected chi connectivity index (χ0v) is 11.8. The van der Waals surface area contributed by atoms with Gasteiger partial charge in [0.25, 0.3) is 0 Å². The van der Waals surface area contributed by atoms with Crippen LogP contribution in [0.1, 0.15) is 11.1 Å². The van der Waals surface area contributed by atoms with Gasteiger partial charge in [-0.3, -0.25) is 0 Å². The van der Waals surface area contributed by atoms with Crippen LogP contribution in [0.15, 0.2) is 17.0 Å². The van der Waals surface area contributed by atoms with Crippen molar-refractivity contribution in [2.24, 2.45) is 0 Å². The van der Waals surface area contributed by atoms with Gasteiger partial charge in [0.1, 0.15) is 0 Å². The van der Waals surface area contributed by atoms with Gasteiger partial charge in [0.05, 0.1) is 11.3 Å². The van der Waals surface area contributed by atoms with E-state index in [0.717, 1.165) is 7.05 Å². The number of thiol groups is 1. The summed E-state index contributed by atoms with van der Waals surface area (Å²) in [6, 6.07) is -0.586. The maximum atomic E-state index is 13.9. The zero-order valence-electron chi connectivity index (χ0n) is 10.9. The molecule has 0 aliphatic carbocycles. The minimum Gasteiger partial charge on any atom is -0.387 e. The van der Waals surface area contributed by atoms with Crippen molar-refractivity contribution in [2.75, 3.05) is 12.4 Å². The zero-order chi connectivity index (χ0) is 18.4. The Morgan fingerprint density at radius 1 is 0.826 bits per heavy atom. The average Bonchev–Trinajstić information content (AvgIpc) is 2.32. The average molecular weight is 375 g/mol. The highest BCUT2D eigenvalue weighted by atomic mass is 32.1. The number of benzene rings is 1. The molecule has 0 radical (unpaired) electrons. The highest BCUT2D eigenvalue weighted by molar-refractivity contribution is 7.80. The largest absolute Gasteiger partial charge is 0.435 e. The van der Waals surface area contributed by atoms with Gasteiger partial charge < -0.3 is 5.32 Å².